The van der Waals surface area contributed by atoms with Crippen molar-refractivity contribution >= 4 is 5.97 Å². The molecule has 1 rings (SSSR count). The number of aliphatic carboxylic acids is 1. The van der Waals surface area contributed by atoms with Gasteiger partial charge < -0.3 is 9.84 Å². The summed E-state index contributed by atoms with van der Waals surface area (Å²) in [6.45, 7) is 4.13. The second kappa shape index (κ2) is 5.39. The molecule has 0 radical (unpaired) electrons. The first kappa shape index (κ1) is 11.6. The first-order chi connectivity index (χ1) is 7.09. The maximum Gasteiger partial charge on any atom is 0.306 e. The van der Waals surface area contributed by atoms with E-state index in [1.165, 1.54) is 5.56 Å². The summed E-state index contributed by atoms with van der Waals surface area (Å²) in [5, 5.41) is 8.66. The molecule has 0 spiro atoms. The molecule has 3 nitrogen and oxygen atoms in total. The Hall–Kier alpha value is -1.51. The molecular weight excluding hydrogens is 192 g/mol. The summed E-state index contributed by atoms with van der Waals surface area (Å²) in [7, 11) is 0. The lowest BCUT2D eigenvalue weighted by Gasteiger charge is -2.08. The molecule has 0 bridgehead atoms. The Morgan fingerprint density at radius 1 is 1.40 bits per heavy atom. The monoisotopic (exact) mass is 208 g/mol. The van der Waals surface area contributed by atoms with Crippen LogP contribution in [0.2, 0.25) is 0 Å². The van der Waals surface area contributed by atoms with Crippen LogP contribution < -0.4 is 4.74 Å². The molecule has 1 atom stereocenters. The minimum Gasteiger partial charge on any atom is -0.494 e. The number of aryl methyl sites for hydroxylation is 1. The van der Waals surface area contributed by atoms with E-state index in [-0.39, 0.29) is 5.92 Å². The van der Waals surface area contributed by atoms with Crippen LogP contribution in [0, 0.1) is 12.8 Å². The normalized spacial score (nSPS) is 12.1. The van der Waals surface area contributed by atoms with Crippen LogP contribution in [0.15, 0.2) is 24.3 Å². The zero-order valence-corrected chi connectivity index (χ0v) is 9.06. The number of hydrogen-bond donors (Lipinski definition) is 1. The van der Waals surface area contributed by atoms with Gasteiger partial charge in [-0.15, -0.1) is 0 Å². The molecule has 82 valence electrons. The summed E-state index contributed by atoms with van der Waals surface area (Å²) < 4.78 is 5.42. The Bertz CT molecular complexity index is 316. The van der Waals surface area contributed by atoms with Gasteiger partial charge >= 0.3 is 5.97 Å². The number of carbonyl (C=O) groups is 1. The smallest absolute Gasteiger partial charge is 0.306 e. The molecule has 0 fully saturated rings. The van der Waals surface area contributed by atoms with Crippen molar-refractivity contribution in [3.05, 3.63) is 29.8 Å². The highest BCUT2D eigenvalue weighted by Gasteiger charge is 2.10. The first-order valence-electron chi connectivity index (χ1n) is 5.02. The van der Waals surface area contributed by atoms with Gasteiger partial charge in [-0.25, -0.2) is 0 Å². The van der Waals surface area contributed by atoms with E-state index in [1.54, 1.807) is 6.92 Å². The van der Waals surface area contributed by atoms with Crippen LogP contribution in [0.4, 0.5) is 0 Å². The summed E-state index contributed by atoms with van der Waals surface area (Å²) >= 11 is 0. The molecule has 0 heterocycles. The van der Waals surface area contributed by atoms with Crippen molar-refractivity contribution in [2.24, 2.45) is 5.92 Å². The summed E-state index contributed by atoms with van der Waals surface area (Å²) in [5.41, 5.74) is 1.18. The van der Waals surface area contributed by atoms with Gasteiger partial charge in [0.25, 0.3) is 0 Å². The van der Waals surface area contributed by atoms with Crippen LogP contribution in [-0.4, -0.2) is 17.7 Å². The van der Waals surface area contributed by atoms with E-state index < -0.39 is 5.97 Å². The van der Waals surface area contributed by atoms with Crippen molar-refractivity contribution in [1.82, 2.24) is 0 Å². The number of ether oxygens (including phenoxy) is 1. The quantitative estimate of drug-likeness (QED) is 0.808. The molecular formula is C12H16O3. The van der Waals surface area contributed by atoms with Gasteiger partial charge in [0.1, 0.15) is 5.75 Å². The lowest BCUT2D eigenvalue weighted by molar-refractivity contribution is -0.141. The molecule has 0 saturated heterocycles. The fourth-order valence-electron chi connectivity index (χ4n) is 1.11. The Morgan fingerprint density at radius 2 is 2.00 bits per heavy atom. The maximum atomic E-state index is 10.5. The molecule has 1 N–H and O–H groups in total. The lowest BCUT2D eigenvalue weighted by atomic mass is 10.1. The van der Waals surface area contributed by atoms with Gasteiger partial charge in [0.15, 0.2) is 0 Å². The average Bonchev–Trinajstić information content (AvgIpc) is 2.20. The molecule has 0 aliphatic heterocycles. The number of carboxylic acids is 1. The molecule has 1 aromatic rings. The summed E-state index contributed by atoms with van der Waals surface area (Å²) in [5.74, 6) is -0.337. The van der Waals surface area contributed by atoms with Crippen molar-refractivity contribution in [2.45, 2.75) is 20.3 Å². The largest absolute Gasteiger partial charge is 0.494 e. The van der Waals surface area contributed by atoms with Gasteiger partial charge in [-0.1, -0.05) is 24.6 Å². The Labute approximate surface area is 89.7 Å². The number of carboxylic acid groups (broad SMARTS) is 1. The zero-order chi connectivity index (χ0) is 11.3. The van der Waals surface area contributed by atoms with Crippen molar-refractivity contribution in [2.75, 3.05) is 6.61 Å². The molecule has 0 aliphatic carbocycles. The van der Waals surface area contributed by atoms with E-state index in [4.69, 9.17) is 9.84 Å². The molecule has 0 saturated carbocycles. The highest BCUT2D eigenvalue weighted by atomic mass is 16.5. The van der Waals surface area contributed by atoms with Crippen molar-refractivity contribution < 1.29 is 14.6 Å². The third-order valence-electron chi connectivity index (χ3n) is 2.26. The lowest BCUT2D eigenvalue weighted by Crippen LogP contribution is -2.13. The predicted octanol–water partition coefficient (Wildman–Crippen LogP) is 2.48. The Kier molecular flexibility index (Phi) is 4.16. The summed E-state index contributed by atoms with van der Waals surface area (Å²) in [4.78, 5) is 10.5. The zero-order valence-electron chi connectivity index (χ0n) is 9.06. The van der Waals surface area contributed by atoms with Crippen molar-refractivity contribution in [3.63, 3.8) is 0 Å². The predicted molar refractivity (Wildman–Crippen MR) is 58.1 cm³/mol. The van der Waals surface area contributed by atoms with Gasteiger partial charge in [0, 0.05) is 0 Å². The van der Waals surface area contributed by atoms with E-state index in [9.17, 15) is 4.79 Å². The van der Waals surface area contributed by atoms with Crippen LogP contribution >= 0.6 is 0 Å². The maximum absolute atomic E-state index is 10.5. The molecule has 1 aromatic carbocycles. The highest BCUT2D eigenvalue weighted by molar-refractivity contribution is 5.69. The van der Waals surface area contributed by atoms with Crippen LogP contribution in [0.25, 0.3) is 0 Å². The SMILES string of the molecule is Cc1ccc(OCCC(C)C(=O)O)cc1. The van der Waals surface area contributed by atoms with Crippen LogP contribution in [-0.2, 0) is 4.79 Å². The summed E-state index contributed by atoms with van der Waals surface area (Å²) in [6.07, 6.45) is 0.531. The third-order valence-corrected chi connectivity index (χ3v) is 2.26. The second-order valence-electron chi connectivity index (χ2n) is 3.69. The topological polar surface area (TPSA) is 46.5 Å². The molecule has 0 amide bonds. The Balaban J connectivity index is 2.32. The van der Waals surface area contributed by atoms with E-state index in [0.29, 0.717) is 13.0 Å². The number of benzene rings is 1. The minimum atomic E-state index is -0.775. The van der Waals surface area contributed by atoms with E-state index in [1.807, 2.05) is 31.2 Å². The highest BCUT2D eigenvalue weighted by Crippen LogP contribution is 2.12. The number of rotatable bonds is 5. The van der Waals surface area contributed by atoms with E-state index in [0.717, 1.165) is 5.75 Å². The fourth-order valence-corrected chi connectivity index (χ4v) is 1.11. The molecule has 0 aliphatic rings. The van der Waals surface area contributed by atoms with Gasteiger partial charge in [0.2, 0.25) is 0 Å². The van der Waals surface area contributed by atoms with E-state index >= 15 is 0 Å². The number of hydrogen-bond acceptors (Lipinski definition) is 2. The van der Waals surface area contributed by atoms with Crippen molar-refractivity contribution in [3.8, 4) is 5.75 Å². The first-order valence-corrected chi connectivity index (χ1v) is 5.02. The average molecular weight is 208 g/mol. The minimum absolute atomic E-state index is 0.351. The van der Waals surface area contributed by atoms with Gasteiger partial charge in [-0.05, 0) is 25.5 Å². The molecule has 0 aromatic heterocycles. The van der Waals surface area contributed by atoms with Gasteiger partial charge in [-0.3, -0.25) is 4.79 Å². The molecule has 1 unspecified atom stereocenters. The molecule has 15 heavy (non-hydrogen) atoms. The third kappa shape index (κ3) is 4.02. The van der Waals surface area contributed by atoms with Crippen LogP contribution in [0.3, 0.4) is 0 Å². The molecule has 3 heteroatoms. The van der Waals surface area contributed by atoms with Crippen LogP contribution in [0.1, 0.15) is 18.9 Å². The second-order valence-corrected chi connectivity index (χ2v) is 3.69. The van der Waals surface area contributed by atoms with Crippen LogP contribution in [0.5, 0.6) is 5.75 Å². The standard InChI is InChI=1S/C12H16O3/c1-9-3-5-11(6-4-9)15-8-7-10(2)12(13)14/h3-6,10H,7-8H2,1-2H3,(H,13,14). The van der Waals surface area contributed by atoms with E-state index in [2.05, 4.69) is 0 Å². The summed E-state index contributed by atoms with van der Waals surface area (Å²) in [6, 6.07) is 7.72. The van der Waals surface area contributed by atoms with Crippen molar-refractivity contribution in [1.29, 1.82) is 0 Å². The fraction of sp³-hybridized carbons (Fsp3) is 0.417. The van der Waals surface area contributed by atoms with Gasteiger partial charge in [-0.2, -0.15) is 0 Å². The van der Waals surface area contributed by atoms with Gasteiger partial charge in [0.05, 0.1) is 12.5 Å². The Morgan fingerprint density at radius 3 is 2.53 bits per heavy atom.